The molecule has 0 spiro atoms. The van der Waals surface area contributed by atoms with Gasteiger partial charge in [0.2, 0.25) is 0 Å². The molecule has 3 aromatic rings. The van der Waals surface area contributed by atoms with E-state index in [2.05, 4.69) is 36.1 Å². The normalized spacial score (nSPS) is 11.9. The quantitative estimate of drug-likeness (QED) is 0.717. The van der Waals surface area contributed by atoms with Crippen LogP contribution in [-0.2, 0) is 7.05 Å². The second kappa shape index (κ2) is 6.26. The van der Waals surface area contributed by atoms with Crippen molar-refractivity contribution in [2.24, 2.45) is 7.05 Å². The molecule has 0 amide bonds. The number of nitrogens with one attached hydrogen (secondary N) is 1. The Morgan fingerprint density at radius 3 is 2.64 bits per heavy atom. The molecule has 5 nitrogen and oxygen atoms in total. The first kappa shape index (κ1) is 17.6. The zero-order valence-corrected chi connectivity index (χ0v) is 16.4. The molecular weight excluding hydrogens is 332 g/mol. The van der Waals surface area contributed by atoms with E-state index >= 15 is 0 Å². The van der Waals surface area contributed by atoms with Crippen LogP contribution in [0.5, 0.6) is 0 Å². The number of aryl methyl sites for hydroxylation is 2. The van der Waals surface area contributed by atoms with Gasteiger partial charge >= 0.3 is 0 Å². The van der Waals surface area contributed by atoms with Gasteiger partial charge in [-0.1, -0.05) is 6.07 Å². The number of pyridine rings is 2. The zero-order chi connectivity index (χ0) is 18.4. The Hall–Kier alpha value is -2.21. The van der Waals surface area contributed by atoms with Gasteiger partial charge in [-0.3, -0.25) is 4.79 Å². The van der Waals surface area contributed by atoms with Crippen LogP contribution in [0.1, 0.15) is 26.3 Å². The third-order valence-electron chi connectivity index (χ3n) is 3.96. The van der Waals surface area contributed by atoms with Crippen LogP contribution in [-0.4, -0.2) is 26.3 Å². The minimum absolute atomic E-state index is 0.0297. The maximum Gasteiger partial charge on any atom is 0.274 e. The van der Waals surface area contributed by atoms with Crippen LogP contribution in [0.3, 0.4) is 0 Å². The summed E-state index contributed by atoms with van der Waals surface area (Å²) in [7, 11) is 3.80. The Labute approximate surface area is 152 Å². The average molecular weight is 356 g/mol. The predicted octanol–water partition coefficient (Wildman–Crippen LogP) is 4.12. The maximum absolute atomic E-state index is 12.3. The summed E-state index contributed by atoms with van der Waals surface area (Å²) >= 11 is 1.74. The number of hydrogen-bond donors (Lipinski definition) is 1. The van der Waals surface area contributed by atoms with Crippen LogP contribution in [0.25, 0.3) is 22.2 Å². The van der Waals surface area contributed by atoms with E-state index in [1.165, 1.54) is 0 Å². The summed E-state index contributed by atoms with van der Waals surface area (Å²) in [6.07, 6.45) is 3.67. The highest BCUT2D eigenvalue weighted by Crippen LogP contribution is 2.33. The lowest BCUT2D eigenvalue weighted by Gasteiger charge is -2.26. The first-order valence-electron chi connectivity index (χ1n) is 8.25. The molecule has 0 saturated carbocycles. The summed E-state index contributed by atoms with van der Waals surface area (Å²) in [5.74, 6) is 0.901. The molecule has 3 aromatic heterocycles. The van der Waals surface area contributed by atoms with Crippen molar-refractivity contribution in [1.29, 1.82) is 0 Å². The molecule has 1 N–H and O–H groups in total. The standard InChI is InChI=1S/C19H24N4OS/c1-12-7-8-15(23(6)25-19(2,3)4)21-16(12)14-11-22(5)18(24)17-13(14)9-10-20-17/h7-11,20H,1-6H3. The molecule has 0 aliphatic rings. The van der Waals surface area contributed by atoms with Crippen molar-refractivity contribution in [3.05, 3.63) is 46.5 Å². The van der Waals surface area contributed by atoms with Gasteiger partial charge in [0.05, 0.1) is 5.69 Å². The van der Waals surface area contributed by atoms with Crippen LogP contribution in [0.4, 0.5) is 5.82 Å². The van der Waals surface area contributed by atoms with Gasteiger partial charge in [0.1, 0.15) is 11.3 Å². The molecule has 0 aromatic carbocycles. The fourth-order valence-corrected chi connectivity index (χ4v) is 3.90. The van der Waals surface area contributed by atoms with Crippen molar-refractivity contribution in [1.82, 2.24) is 14.5 Å². The molecule has 0 aliphatic carbocycles. The number of aromatic nitrogens is 3. The molecule has 0 unspecified atom stereocenters. The highest BCUT2D eigenvalue weighted by molar-refractivity contribution is 8.01. The van der Waals surface area contributed by atoms with E-state index in [0.717, 1.165) is 28.0 Å². The molecule has 0 radical (unpaired) electrons. The van der Waals surface area contributed by atoms with Gasteiger partial charge in [0.15, 0.2) is 0 Å². The number of rotatable bonds is 3. The summed E-state index contributed by atoms with van der Waals surface area (Å²) in [6, 6.07) is 6.06. The average Bonchev–Trinajstić information content (AvgIpc) is 2.99. The monoisotopic (exact) mass is 356 g/mol. The second-order valence-electron chi connectivity index (χ2n) is 7.26. The third kappa shape index (κ3) is 3.44. The summed E-state index contributed by atoms with van der Waals surface area (Å²) in [5, 5.41) is 0.905. The van der Waals surface area contributed by atoms with Gasteiger partial charge in [-0.15, -0.1) is 0 Å². The van der Waals surface area contributed by atoms with E-state index in [-0.39, 0.29) is 10.3 Å². The van der Waals surface area contributed by atoms with E-state index in [0.29, 0.717) is 5.52 Å². The second-order valence-corrected chi connectivity index (χ2v) is 9.22. The number of H-pyrrole nitrogens is 1. The van der Waals surface area contributed by atoms with E-state index in [1.807, 2.05) is 32.3 Å². The minimum atomic E-state index is -0.0297. The molecule has 3 heterocycles. The Kier molecular flexibility index (Phi) is 4.41. The lowest BCUT2D eigenvalue weighted by Crippen LogP contribution is -2.20. The van der Waals surface area contributed by atoms with Crippen LogP contribution in [0.2, 0.25) is 0 Å². The summed E-state index contributed by atoms with van der Waals surface area (Å²) in [4.78, 5) is 20.2. The Bertz CT molecular complexity index is 981. The van der Waals surface area contributed by atoms with Crippen molar-refractivity contribution >= 4 is 28.7 Å². The molecule has 0 fully saturated rings. The summed E-state index contributed by atoms with van der Waals surface area (Å²) in [5.41, 5.74) is 3.53. The molecule has 3 rings (SSSR count). The predicted molar refractivity (Wildman–Crippen MR) is 107 cm³/mol. The highest BCUT2D eigenvalue weighted by Gasteiger charge is 2.18. The van der Waals surface area contributed by atoms with Gasteiger partial charge in [-0.05, 0) is 57.3 Å². The number of anilines is 1. The van der Waals surface area contributed by atoms with Crippen molar-refractivity contribution in [3.8, 4) is 11.3 Å². The molecule has 0 saturated heterocycles. The van der Waals surface area contributed by atoms with E-state index in [4.69, 9.17) is 4.98 Å². The van der Waals surface area contributed by atoms with E-state index < -0.39 is 0 Å². The van der Waals surface area contributed by atoms with Gasteiger partial charge in [-0.25, -0.2) is 4.98 Å². The number of aromatic amines is 1. The van der Waals surface area contributed by atoms with Crippen molar-refractivity contribution < 1.29 is 0 Å². The van der Waals surface area contributed by atoms with E-state index in [9.17, 15) is 4.79 Å². The van der Waals surface area contributed by atoms with Crippen LogP contribution < -0.4 is 9.86 Å². The van der Waals surface area contributed by atoms with Crippen molar-refractivity contribution in [2.45, 2.75) is 32.4 Å². The Balaban J connectivity index is 2.15. The largest absolute Gasteiger partial charge is 0.357 e. The molecule has 0 atom stereocenters. The van der Waals surface area contributed by atoms with Crippen LogP contribution in [0, 0.1) is 6.92 Å². The summed E-state index contributed by atoms with van der Waals surface area (Å²) < 4.78 is 3.81. The smallest absolute Gasteiger partial charge is 0.274 e. The van der Waals surface area contributed by atoms with Crippen molar-refractivity contribution in [2.75, 3.05) is 11.4 Å². The van der Waals surface area contributed by atoms with Crippen LogP contribution in [0.15, 0.2) is 35.4 Å². The molecular formula is C19H24N4OS. The number of hydrogen-bond acceptors (Lipinski definition) is 4. The third-order valence-corrected chi connectivity index (χ3v) is 4.97. The lowest BCUT2D eigenvalue weighted by atomic mass is 10.1. The fraction of sp³-hybridized carbons (Fsp3) is 0.368. The van der Waals surface area contributed by atoms with Gasteiger partial charge < -0.3 is 13.9 Å². The Morgan fingerprint density at radius 2 is 1.96 bits per heavy atom. The fourth-order valence-electron chi connectivity index (χ4n) is 2.88. The number of nitrogens with zero attached hydrogens (tertiary/aromatic N) is 3. The van der Waals surface area contributed by atoms with E-state index in [1.54, 1.807) is 29.8 Å². The SMILES string of the molecule is Cc1ccc(N(C)SC(C)(C)C)nc1-c1cn(C)c(=O)c2[nH]ccc12. The molecule has 132 valence electrons. The molecule has 25 heavy (non-hydrogen) atoms. The van der Waals surface area contributed by atoms with Crippen LogP contribution >= 0.6 is 11.9 Å². The van der Waals surface area contributed by atoms with Gasteiger partial charge in [0.25, 0.3) is 5.56 Å². The molecule has 0 bridgehead atoms. The zero-order valence-electron chi connectivity index (χ0n) is 15.5. The van der Waals surface area contributed by atoms with Gasteiger partial charge in [0, 0.05) is 42.2 Å². The maximum atomic E-state index is 12.3. The lowest BCUT2D eigenvalue weighted by molar-refractivity contribution is 0.801. The molecule has 6 heteroatoms. The highest BCUT2D eigenvalue weighted by atomic mass is 32.2. The number of fused-ring (bicyclic) bond motifs is 1. The topological polar surface area (TPSA) is 53.9 Å². The van der Waals surface area contributed by atoms with Gasteiger partial charge in [-0.2, -0.15) is 0 Å². The Morgan fingerprint density at radius 1 is 1.24 bits per heavy atom. The molecule has 0 aliphatic heterocycles. The minimum Gasteiger partial charge on any atom is -0.357 e. The first-order chi connectivity index (χ1) is 11.7. The summed E-state index contributed by atoms with van der Waals surface area (Å²) in [6.45, 7) is 8.59. The van der Waals surface area contributed by atoms with Crippen molar-refractivity contribution in [3.63, 3.8) is 0 Å². The first-order valence-corrected chi connectivity index (χ1v) is 9.02.